The smallest absolute Gasteiger partial charge is 0.343 e. The van der Waals surface area contributed by atoms with Gasteiger partial charge < -0.3 is 9.11 Å². The second-order valence-corrected chi connectivity index (χ2v) is 9.05. The van der Waals surface area contributed by atoms with Crippen molar-refractivity contribution in [3.8, 4) is 0 Å². The molecule has 160 valence electrons. The summed E-state index contributed by atoms with van der Waals surface area (Å²) in [6, 6.07) is 12.2. The average molecular weight is 443 g/mol. The number of rotatable bonds is 6. The minimum atomic E-state index is -4.07. The van der Waals surface area contributed by atoms with E-state index in [0.717, 1.165) is 6.67 Å². The van der Waals surface area contributed by atoms with Gasteiger partial charge in [-0.15, -0.1) is 9.13 Å². The minimum Gasteiger partial charge on any atom is -0.748 e. The Bertz CT molecular complexity index is 892. The van der Waals surface area contributed by atoms with Gasteiger partial charge in [-0.2, -0.15) is 0 Å². The van der Waals surface area contributed by atoms with Crippen molar-refractivity contribution in [1.29, 1.82) is 0 Å². The maximum Gasteiger partial charge on any atom is 0.343 e. The second kappa shape index (κ2) is 12.9. The van der Waals surface area contributed by atoms with Gasteiger partial charge in [-0.05, 0) is 13.8 Å². The molecular weight excluding hydrogens is 416 g/mol. The predicted molar refractivity (Wildman–Crippen MR) is 107 cm³/mol. The summed E-state index contributed by atoms with van der Waals surface area (Å²) in [6.07, 6.45) is 8.22. The van der Waals surface area contributed by atoms with Crippen LogP contribution in [0, 0.1) is 0 Å². The van der Waals surface area contributed by atoms with Gasteiger partial charge in [0.2, 0.25) is 0 Å². The Hall–Kier alpha value is -2.40. The zero-order chi connectivity index (χ0) is 22.5. The van der Waals surface area contributed by atoms with Gasteiger partial charge in [0.25, 0.3) is 0 Å². The Kier molecular flexibility index (Phi) is 11.9. The molecule has 0 amide bonds. The van der Waals surface area contributed by atoms with Crippen LogP contribution in [0.4, 0.5) is 0 Å². The van der Waals surface area contributed by atoms with Crippen LogP contribution in [0.1, 0.15) is 13.8 Å². The number of aromatic nitrogens is 2. The van der Waals surface area contributed by atoms with Crippen molar-refractivity contribution in [3.63, 3.8) is 0 Å². The third kappa shape index (κ3) is 18.7. The fraction of sp³-hybridized carbons (Fsp3) is 0.263. The Morgan fingerprint density at radius 1 is 0.690 bits per heavy atom. The monoisotopic (exact) mass is 442 g/mol. The molecule has 0 aromatic carbocycles. The molecule has 0 atom stereocenters. The summed E-state index contributed by atoms with van der Waals surface area (Å²) in [5, 5.41) is 0. The first kappa shape index (κ1) is 26.6. The predicted octanol–water partition coefficient (Wildman–Crippen LogP) is 0.983. The van der Waals surface area contributed by atoms with Gasteiger partial charge in [-0.25, -0.2) is 16.8 Å². The van der Waals surface area contributed by atoms with Crippen molar-refractivity contribution >= 4 is 20.2 Å². The molecule has 2 heterocycles. The second-order valence-electron chi connectivity index (χ2n) is 6.24. The first-order chi connectivity index (χ1) is 13.3. The first-order valence-corrected chi connectivity index (χ1v) is 11.5. The lowest BCUT2D eigenvalue weighted by atomic mass is 10.4. The molecule has 0 spiro atoms. The van der Waals surface area contributed by atoms with E-state index in [9.17, 15) is 25.9 Å². The van der Waals surface area contributed by atoms with Gasteiger partial charge in [0.1, 0.15) is 0 Å². The van der Waals surface area contributed by atoms with E-state index in [4.69, 9.17) is 0 Å². The zero-order valence-corrected chi connectivity index (χ0v) is 18.1. The maximum atomic E-state index is 9.83. The van der Waals surface area contributed by atoms with Gasteiger partial charge in [0.05, 0.1) is 31.7 Å². The lowest BCUT2D eigenvalue weighted by molar-refractivity contribution is -0.913. The number of nitrogens with zero attached hydrogens (tertiary/aromatic N) is 2. The SMILES string of the molecule is C=C(C)CS(=O)(=O)[O-].C=C(C)CS(=O)(=O)[O-].c1cc[n+](C[n+]2ccccc2)cc1. The number of hydrogen-bond acceptors (Lipinski definition) is 6. The molecule has 0 saturated carbocycles. The average Bonchev–Trinajstić information content (AvgIpc) is 2.53. The van der Waals surface area contributed by atoms with Crippen LogP contribution in [0.2, 0.25) is 0 Å². The summed E-state index contributed by atoms with van der Waals surface area (Å²) < 4.78 is 63.2. The highest BCUT2D eigenvalue weighted by Gasteiger charge is 2.03. The van der Waals surface area contributed by atoms with Gasteiger partial charge in [0, 0.05) is 24.3 Å². The van der Waals surface area contributed by atoms with Gasteiger partial charge in [-0.3, -0.25) is 0 Å². The van der Waals surface area contributed by atoms with Gasteiger partial charge >= 0.3 is 6.67 Å². The molecule has 0 saturated heterocycles. The highest BCUT2D eigenvalue weighted by molar-refractivity contribution is 7.86. The first-order valence-electron chi connectivity index (χ1n) is 8.32. The quantitative estimate of drug-likeness (QED) is 0.373. The van der Waals surface area contributed by atoms with Crippen molar-refractivity contribution in [2.45, 2.75) is 20.5 Å². The summed E-state index contributed by atoms with van der Waals surface area (Å²) in [6.45, 7) is 10.4. The van der Waals surface area contributed by atoms with Crippen LogP contribution in [-0.2, 0) is 26.9 Å². The molecule has 2 rings (SSSR count). The van der Waals surface area contributed by atoms with Gasteiger partial charge in [-0.1, -0.05) is 36.4 Å². The Morgan fingerprint density at radius 3 is 1.14 bits per heavy atom. The van der Waals surface area contributed by atoms with Crippen molar-refractivity contribution in [2.24, 2.45) is 0 Å². The van der Waals surface area contributed by atoms with E-state index in [1.54, 1.807) is 0 Å². The van der Waals surface area contributed by atoms with E-state index in [1.807, 2.05) is 36.4 Å². The molecule has 0 bridgehead atoms. The fourth-order valence-electron chi connectivity index (χ4n) is 1.85. The summed E-state index contributed by atoms with van der Waals surface area (Å²) in [4.78, 5) is 0. The molecule has 10 heteroatoms. The summed E-state index contributed by atoms with van der Waals surface area (Å²) in [5.41, 5.74) is 0.750. The molecule has 0 N–H and O–H groups in total. The molecule has 0 aliphatic rings. The van der Waals surface area contributed by atoms with E-state index < -0.39 is 31.7 Å². The molecule has 0 aliphatic heterocycles. The van der Waals surface area contributed by atoms with Crippen molar-refractivity contribution in [3.05, 3.63) is 85.5 Å². The third-order valence-corrected chi connectivity index (χ3v) is 4.42. The Balaban J connectivity index is 0.000000432. The topological polar surface area (TPSA) is 122 Å². The van der Waals surface area contributed by atoms with Crippen LogP contribution < -0.4 is 9.13 Å². The highest BCUT2D eigenvalue weighted by atomic mass is 32.2. The van der Waals surface area contributed by atoms with Crippen molar-refractivity contribution in [2.75, 3.05) is 11.5 Å². The number of hydrogen-bond donors (Lipinski definition) is 0. The molecule has 0 radical (unpaired) electrons. The fourth-order valence-corrected chi connectivity index (χ4v) is 3.06. The van der Waals surface area contributed by atoms with Crippen LogP contribution in [0.5, 0.6) is 0 Å². The standard InChI is InChI=1S/C11H12N2.2C4H8O3S/c1-3-7-12(8-4-1)11-13-9-5-2-6-10-13;2*1-4(2)3-8(5,6)7/h1-10H,11H2;2*1,3H2,2H3,(H,5,6,7)/q+2;;/p-2. The third-order valence-electron chi connectivity index (χ3n) is 2.73. The van der Waals surface area contributed by atoms with Crippen molar-refractivity contribution in [1.82, 2.24) is 0 Å². The number of pyridine rings is 2. The summed E-state index contributed by atoms with van der Waals surface area (Å²) >= 11 is 0. The lowest BCUT2D eigenvalue weighted by Gasteiger charge is -2.03. The minimum absolute atomic E-state index is 0.375. The maximum absolute atomic E-state index is 9.83. The van der Waals surface area contributed by atoms with E-state index >= 15 is 0 Å². The molecular formula is C19H26N2O6S2. The largest absolute Gasteiger partial charge is 0.748 e. The van der Waals surface area contributed by atoms with Crippen LogP contribution in [0.3, 0.4) is 0 Å². The zero-order valence-electron chi connectivity index (χ0n) is 16.5. The normalized spacial score (nSPS) is 10.6. The van der Waals surface area contributed by atoms with Gasteiger partial charge in [0.15, 0.2) is 24.8 Å². The molecule has 0 aliphatic carbocycles. The molecule has 8 nitrogen and oxygen atoms in total. The molecule has 29 heavy (non-hydrogen) atoms. The Labute approximate surface area is 173 Å². The van der Waals surface area contributed by atoms with Crippen LogP contribution >= 0.6 is 0 Å². The summed E-state index contributed by atoms with van der Waals surface area (Å²) in [7, 11) is -8.15. The van der Waals surface area contributed by atoms with Crippen LogP contribution in [0.25, 0.3) is 0 Å². The molecule has 2 aromatic heterocycles. The molecule has 2 aromatic rings. The lowest BCUT2D eigenvalue weighted by Crippen LogP contribution is -2.50. The summed E-state index contributed by atoms with van der Waals surface area (Å²) in [5.74, 6) is -0.903. The van der Waals surface area contributed by atoms with E-state index in [0.29, 0.717) is 11.1 Å². The van der Waals surface area contributed by atoms with E-state index in [2.05, 4.69) is 47.1 Å². The molecule has 0 fully saturated rings. The van der Waals surface area contributed by atoms with Crippen molar-refractivity contribution < 1.29 is 35.1 Å². The van der Waals surface area contributed by atoms with Crippen LogP contribution in [-0.4, -0.2) is 37.4 Å². The molecule has 0 unspecified atom stereocenters. The van der Waals surface area contributed by atoms with Crippen LogP contribution in [0.15, 0.2) is 85.5 Å². The Morgan fingerprint density at radius 2 is 0.966 bits per heavy atom. The van der Waals surface area contributed by atoms with E-state index in [-0.39, 0.29) is 0 Å². The van der Waals surface area contributed by atoms with E-state index in [1.165, 1.54) is 13.8 Å². The highest BCUT2D eigenvalue weighted by Crippen LogP contribution is 1.91.